The van der Waals surface area contributed by atoms with Crippen LogP contribution >= 0.6 is 0 Å². The lowest BCUT2D eigenvalue weighted by molar-refractivity contribution is 0.0914. The van der Waals surface area contributed by atoms with E-state index in [4.69, 9.17) is 4.74 Å². The van der Waals surface area contributed by atoms with Crippen molar-refractivity contribution in [1.82, 2.24) is 15.1 Å². The van der Waals surface area contributed by atoms with Crippen molar-refractivity contribution in [1.29, 1.82) is 0 Å². The van der Waals surface area contributed by atoms with Crippen LogP contribution in [0.15, 0.2) is 30.5 Å². The predicted molar refractivity (Wildman–Crippen MR) is 95.5 cm³/mol. The number of nitrogens with one attached hydrogen (secondary N) is 1. The number of benzene rings is 1. The SMILES string of the molecule is COc1ccccc1-c1nn(C)cc1C(=O)NC1CCC(CO)CC1. The molecule has 1 saturated carbocycles. The van der Waals surface area contributed by atoms with Crippen LogP contribution in [0.3, 0.4) is 0 Å². The van der Waals surface area contributed by atoms with Crippen molar-refractivity contribution in [2.24, 2.45) is 13.0 Å². The minimum atomic E-state index is -0.110. The van der Waals surface area contributed by atoms with Gasteiger partial charge in [-0.05, 0) is 43.7 Å². The number of hydrogen-bond acceptors (Lipinski definition) is 4. The van der Waals surface area contributed by atoms with Gasteiger partial charge in [-0.2, -0.15) is 5.10 Å². The second-order valence-electron chi connectivity index (χ2n) is 6.64. The average molecular weight is 343 g/mol. The number of amides is 1. The monoisotopic (exact) mass is 343 g/mol. The highest BCUT2D eigenvalue weighted by Gasteiger charge is 2.25. The summed E-state index contributed by atoms with van der Waals surface area (Å²) in [5.41, 5.74) is 1.98. The van der Waals surface area contributed by atoms with E-state index in [9.17, 15) is 9.90 Å². The first-order chi connectivity index (χ1) is 12.1. The summed E-state index contributed by atoms with van der Waals surface area (Å²) in [5.74, 6) is 0.954. The van der Waals surface area contributed by atoms with E-state index >= 15 is 0 Å². The lowest BCUT2D eigenvalue weighted by Crippen LogP contribution is -2.38. The molecule has 0 unspecified atom stereocenters. The number of nitrogens with zero attached hydrogens (tertiary/aromatic N) is 2. The van der Waals surface area contributed by atoms with Crippen molar-refractivity contribution in [2.45, 2.75) is 31.7 Å². The van der Waals surface area contributed by atoms with Crippen LogP contribution in [0, 0.1) is 5.92 Å². The van der Waals surface area contributed by atoms with Gasteiger partial charge in [-0.15, -0.1) is 0 Å². The van der Waals surface area contributed by atoms with E-state index in [1.807, 2.05) is 31.3 Å². The Morgan fingerprint density at radius 1 is 1.32 bits per heavy atom. The number of methoxy groups -OCH3 is 1. The zero-order valence-corrected chi connectivity index (χ0v) is 14.7. The first kappa shape index (κ1) is 17.5. The lowest BCUT2D eigenvalue weighted by Gasteiger charge is -2.27. The number of carbonyl (C=O) groups is 1. The minimum Gasteiger partial charge on any atom is -0.496 e. The molecule has 0 radical (unpaired) electrons. The molecular formula is C19H25N3O3. The number of rotatable bonds is 5. The normalized spacial score (nSPS) is 20.3. The van der Waals surface area contributed by atoms with Crippen LogP contribution in [0.1, 0.15) is 36.0 Å². The summed E-state index contributed by atoms with van der Waals surface area (Å²) >= 11 is 0. The van der Waals surface area contributed by atoms with Gasteiger partial charge in [0.15, 0.2) is 0 Å². The van der Waals surface area contributed by atoms with Gasteiger partial charge in [-0.25, -0.2) is 0 Å². The summed E-state index contributed by atoms with van der Waals surface area (Å²) in [7, 11) is 3.42. The van der Waals surface area contributed by atoms with Crippen LogP contribution in [0.25, 0.3) is 11.3 Å². The molecule has 1 aromatic carbocycles. The van der Waals surface area contributed by atoms with Crippen molar-refractivity contribution in [3.63, 3.8) is 0 Å². The number of para-hydroxylation sites is 1. The molecule has 6 nitrogen and oxygen atoms in total. The first-order valence-electron chi connectivity index (χ1n) is 8.71. The molecule has 1 aliphatic rings. The molecule has 2 N–H and O–H groups in total. The molecule has 0 atom stereocenters. The summed E-state index contributed by atoms with van der Waals surface area (Å²) in [6, 6.07) is 7.72. The van der Waals surface area contributed by atoms with Crippen LogP contribution in [0.2, 0.25) is 0 Å². The van der Waals surface area contributed by atoms with Crippen LogP contribution in [0.4, 0.5) is 0 Å². The summed E-state index contributed by atoms with van der Waals surface area (Å²) in [6.07, 6.45) is 5.46. The maximum absolute atomic E-state index is 12.8. The number of carbonyl (C=O) groups excluding carboxylic acids is 1. The van der Waals surface area contributed by atoms with Gasteiger partial charge in [0.2, 0.25) is 0 Å². The van der Waals surface area contributed by atoms with Gasteiger partial charge >= 0.3 is 0 Å². The number of hydrogen-bond donors (Lipinski definition) is 2. The van der Waals surface area contributed by atoms with Crippen LogP contribution in [-0.4, -0.2) is 40.6 Å². The Hall–Kier alpha value is -2.34. The molecule has 3 rings (SSSR count). The molecule has 1 aromatic heterocycles. The maximum Gasteiger partial charge on any atom is 0.255 e. The fraction of sp³-hybridized carbons (Fsp3) is 0.474. The van der Waals surface area contributed by atoms with Gasteiger partial charge < -0.3 is 15.2 Å². The molecule has 6 heteroatoms. The fourth-order valence-electron chi connectivity index (χ4n) is 3.45. The molecular weight excluding hydrogens is 318 g/mol. The number of ether oxygens (including phenoxy) is 1. The lowest BCUT2D eigenvalue weighted by atomic mass is 9.86. The topological polar surface area (TPSA) is 76.4 Å². The zero-order valence-electron chi connectivity index (χ0n) is 14.7. The maximum atomic E-state index is 12.8. The Morgan fingerprint density at radius 2 is 2.04 bits per heavy atom. The predicted octanol–water partition coefficient (Wildman–Crippen LogP) is 2.38. The van der Waals surface area contributed by atoms with Crippen molar-refractivity contribution in [3.8, 4) is 17.0 Å². The highest BCUT2D eigenvalue weighted by Crippen LogP contribution is 2.31. The van der Waals surface area contributed by atoms with Gasteiger partial charge in [0.1, 0.15) is 11.4 Å². The summed E-state index contributed by atoms with van der Waals surface area (Å²) in [4.78, 5) is 12.8. The Morgan fingerprint density at radius 3 is 2.72 bits per heavy atom. The summed E-state index contributed by atoms with van der Waals surface area (Å²) < 4.78 is 7.07. The molecule has 0 bridgehead atoms. The van der Waals surface area contributed by atoms with Crippen molar-refractivity contribution in [3.05, 3.63) is 36.0 Å². The second-order valence-corrected chi connectivity index (χ2v) is 6.64. The quantitative estimate of drug-likeness (QED) is 0.874. The van der Waals surface area contributed by atoms with E-state index in [1.165, 1.54) is 0 Å². The van der Waals surface area contributed by atoms with Crippen LogP contribution < -0.4 is 10.1 Å². The van der Waals surface area contributed by atoms with Gasteiger partial charge in [-0.3, -0.25) is 9.48 Å². The third kappa shape index (κ3) is 3.85. The van der Waals surface area contributed by atoms with E-state index < -0.39 is 0 Å². The molecule has 1 aliphatic carbocycles. The largest absolute Gasteiger partial charge is 0.496 e. The standard InChI is InChI=1S/C19H25N3O3/c1-22-11-16(18(21-22)15-5-3-4-6-17(15)25-2)19(24)20-14-9-7-13(12-23)8-10-14/h3-6,11,13-14,23H,7-10,12H2,1-2H3,(H,20,24). The third-order valence-corrected chi connectivity index (χ3v) is 4.88. The minimum absolute atomic E-state index is 0.110. The first-order valence-corrected chi connectivity index (χ1v) is 8.71. The molecule has 0 spiro atoms. The Labute approximate surface area is 147 Å². The van der Waals surface area contributed by atoms with E-state index in [0.29, 0.717) is 22.9 Å². The number of aliphatic hydroxyl groups is 1. The van der Waals surface area contributed by atoms with Crippen molar-refractivity contribution < 1.29 is 14.6 Å². The Balaban J connectivity index is 1.80. The van der Waals surface area contributed by atoms with E-state index in [1.54, 1.807) is 18.0 Å². The van der Waals surface area contributed by atoms with E-state index in [2.05, 4.69) is 10.4 Å². The smallest absolute Gasteiger partial charge is 0.255 e. The Bertz CT molecular complexity index is 733. The summed E-state index contributed by atoms with van der Waals surface area (Å²) in [5, 5.41) is 16.8. The number of aryl methyl sites for hydroxylation is 1. The molecule has 2 aromatic rings. The Kier molecular flexibility index (Phi) is 5.38. The van der Waals surface area contributed by atoms with E-state index in [-0.39, 0.29) is 18.6 Å². The molecule has 134 valence electrons. The molecule has 1 heterocycles. The molecule has 0 saturated heterocycles. The van der Waals surface area contributed by atoms with Gasteiger partial charge in [-0.1, -0.05) is 12.1 Å². The fourth-order valence-corrected chi connectivity index (χ4v) is 3.45. The van der Waals surface area contributed by atoms with Gasteiger partial charge in [0, 0.05) is 31.5 Å². The molecule has 1 fully saturated rings. The second kappa shape index (κ2) is 7.70. The molecule has 25 heavy (non-hydrogen) atoms. The van der Waals surface area contributed by atoms with Gasteiger partial charge in [0.05, 0.1) is 12.7 Å². The summed E-state index contributed by atoms with van der Waals surface area (Å²) in [6.45, 7) is 0.237. The van der Waals surface area contributed by atoms with E-state index in [0.717, 1.165) is 31.2 Å². The number of aliphatic hydroxyl groups excluding tert-OH is 1. The van der Waals surface area contributed by atoms with Crippen molar-refractivity contribution in [2.75, 3.05) is 13.7 Å². The van der Waals surface area contributed by atoms with Crippen molar-refractivity contribution >= 4 is 5.91 Å². The van der Waals surface area contributed by atoms with Crippen LogP contribution in [0.5, 0.6) is 5.75 Å². The number of aromatic nitrogens is 2. The molecule has 0 aliphatic heterocycles. The highest BCUT2D eigenvalue weighted by atomic mass is 16.5. The van der Waals surface area contributed by atoms with Gasteiger partial charge in [0.25, 0.3) is 5.91 Å². The van der Waals surface area contributed by atoms with Crippen LogP contribution in [-0.2, 0) is 7.05 Å². The third-order valence-electron chi connectivity index (χ3n) is 4.88. The molecule has 1 amide bonds. The zero-order chi connectivity index (χ0) is 17.8. The highest BCUT2D eigenvalue weighted by molar-refractivity contribution is 6.00. The average Bonchev–Trinajstić information content (AvgIpc) is 3.04.